The van der Waals surface area contributed by atoms with Crippen molar-refractivity contribution in [1.82, 2.24) is 9.21 Å². The molecule has 1 atom stereocenters. The summed E-state index contributed by atoms with van der Waals surface area (Å²) in [6.45, 7) is 4.11. The molecule has 1 heterocycles. The second-order valence-electron chi connectivity index (χ2n) is 4.97. The van der Waals surface area contributed by atoms with Gasteiger partial charge in [-0.15, -0.1) is 0 Å². The fraction of sp³-hybridized carbons (Fsp3) is 0.462. The molecule has 1 aromatic carbocycles. The van der Waals surface area contributed by atoms with Crippen LogP contribution >= 0.6 is 28.1 Å². The molecular weight excluding hydrogens is 374 g/mol. The van der Waals surface area contributed by atoms with Crippen molar-refractivity contribution in [2.45, 2.75) is 17.9 Å². The Morgan fingerprint density at radius 2 is 1.76 bits per heavy atom. The minimum atomic E-state index is -3.43. The van der Waals surface area contributed by atoms with Gasteiger partial charge < -0.3 is 5.73 Å². The molecule has 0 aromatic heterocycles. The quantitative estimate of drug-likeness (QED) is 0.786. The number of halogens is 1. The van der Waals surface area contributed by atoms with Gasteiger partial charge in [-0.25, -0.2) is 8.42 Å². The van der Waals surface area contributed by atoms with Gasteiger partial charge in [-0.2, -0.15) is 4.31 Å². The molecule has 1 unspecified atom stereocenters. The average Bonchev–Trinajstić information content (AvgIpc) is 2.47. The van der Waals surface area contributed by atoms with E-state index in [0.29, 0.717) is 36.1 Å². The fourth-order valence-electron chi connectivity index (χ4n) is 2.27. The van der Waals surface area contributed by atoms with Crippen molar-refractivity contribution >= 4 is 43.2 Å². The fourth-order valence-corrected chi connectivity index (χ4v) is 4.10. The molecule has 5 nitrogen and oxygen atoms in total. The first-order valence-corrected chi connectivity index (χ1v) is 9.25. The SMILES string of the molecule is CC(C(N)=S)N1CCN(S(=O)(=O)c2ccc(Br)cc2)CC1. The van der Waals surface area contributed by atoms with E-state index in [0.717, 1.165) is 4.47 Å². The number of benzene rings is 1. The van der Waals surface area contributed by atoms with Crippen LogP contribution in [-0.2, 0) is 10.0 Å². The van der Waals surface area contributed by atoms with E-state index in [2.05, 4.69) is 20.8 Å². The van der Waals surface area contributed by atoms with Gasteiger partial charge in [-0.1, -0.05) is 28.1 Å². The summed E-state index contributed by atoms with van der Waals surface area (Å²) >= 11 is 8.30. The second kappa shape index (κ2) is 6.70. The van der Waals surface area contributed by atoms with E-state index in [1.807, 2.05) is 6.92 Å². The summed E-state index contributed by atoms with van der Waals surface area (Å²) in [5.74, 6) is 0. The Morgan fingerprint density at radius 3 is 2.24 bits per heavy atom. The van der Waals surface area contributed by atoms with Crippen molar-refractivity contribution in [2.24, 2.45) is 5.73 Å². The van der Waals surface area contributed by atoms with Gasteiger partial charge in [-0.3, -0.25) is 4.90 Å². The van der Waals surface area contributed by atoms with Crippen LogP contribution in [0.3, 0.4) is 0 Å². The lowest BCUT2D eigenvalue weighted by Crippen LogP contribution is -2.53. The monoisotopic (exact) mass is 391 g/mol. The molecule has 0 radical (unpaired) electrons. The summed E-state index contributed by atoms with van der Waals surface area (Å²) in [4.78, 5) is 2.87. The van der Waals surface area contributed by atoms with Crippen LogP contribution in [0.15, 0.2) is 33.6 Å². The van der Waals surface area contributed by atoms with Crippen molar-refractivity contribution in [3.8, 4) is 0 Å². The zero-order valence-electron chi connectivity index (χ0n) is 11.7. The topological polar surface area (TPSA) is 66.6 Å². The summed E-state index contributed by atoms with van der Waals surface area (Å²) in [7, 11) is -3.43. The molecule has 0 bridgehead atoms. The number of sulfonamides is 1. The first-order chi connectivity index (χ1) is 9.82. The number of nitrogens with zero attached hydrogens (tertiary/aromatic N) is 2. The van der Waals surface area contributed by atoms with E-state index in [-0.39, 0.29) is 6.04 Å². The Kier molecular flexibility index (Phi) is 5.37. The van der Waals surface area contributed by atoms with Gasteiger partial charge in [0.05, 0.1) is 15.9 Å². The van der Waals surface area contributed by atoms with Crippen LogP contribution in [0.5, 0.6) is 0 Å². The summed E-state index contributed by atoms with van der Waals surface area (Å²) < 4.78 is 27.5. The van der Waals surface area contributed by atoms with Gasteiger partial charge in [0.2, 0.25) is 10.0 Å². The minimum absolute atomic E-state index is 0.00228. The molecule has 1 fully saturated rings. The van der Waals surface area contributed by atoms with E-state index in [1.165, 1.54) is 4.31 Å². The highest BCUT2D eigenvalue weighted by molar-refractivity contribution is 9.10. The van der Waals surface area contributed by atoms with Crippen LogP contribution in [0, 0.1) is 0 Å². The number of piperazine rings is 1. The van der Waals surface area contributed by atoms with Crippen LogP contribution in [0.25, 0.3) is 0 Å². The van der Waals surface area contributed by atoms with Gasteiger partial charge in [0.15, 0.2) is 0 Å². The summed E-state index contributed by atoms with van der Waals surface area (Å²) in [5.41, 5.74) is 5.65. The molecule has 0 spiro atoms. The van der Waals surface area contributed by atoms with E-state index >= 15 is 0 Å². The molecule has 0 amide bonds. The van der Waals surface area contributed by atoms with Crippen LogP contribution in [0.4, 0.5) is 0 Å². The molecule has 1 aromatic rings. The molecule has 0 saturated carbocycles. The molecule has 8 heteroatoms. The van der Waals surface area contributed by atoms with E-state index in [9.17, 15) is 8.42 Å². The molecule has 2 rings (SSSR count). The van der Waals surface area contributed by atoms with Crippen molar-refractivity contribution in [1.29, 1.82) is 0 Å². The highest BCUT2D eigenvalue weighted by Crippen LogP contribution is 2.20. The molecule has 116 valence electrons. The Labute approximate surface area is 139 Å². The third-order valence-electron chi connectivity index (χ3n) is 3.68. The van der Waals surface area contributed by atoms with Crippen LogP contribution in [0.1, 0.15) is 6.92 Å². The summed E-state index contributed by atoms with van der Waals surface area (Å²) in [6, 6.07) is 6.70. The maximum absolute atomic E-state index is 12.6. The third kappa shape index (κ3) is 3.81. The Bertz CT molecular complexity index is 611. The van der Waals surface area contributed by atoms with Gasteiger partial charge in [0, 0.05) is 30.7 Å². The summed E-state index contributed by atoms with van der Waals surface area (Å²) in [5, 5.41) is 0. The molecule has 2 N–H and O–H groups in total. The lowest BCUT2D eigenvalue weighted by molar-refractivity contribution is 0.175. The smallest absolute Gasteiger partial charge is 0.243 e. The Morgan fingerprint density at radius 1 is 1.24 bits per heavy atom. The number of hydrogen-bond acceptors (Lipinski definition) is 4. The molecule has 21 heavy (non-hydrogen) atoms. The number of nitrogens with two attached hydrogens (primary N) is 1. The Hall–Kier alpha value is -0.540. The number of hydrogen-bond donors (Lipinski definition) is 1. The van der Waals surface area contributed by atoms with Crippen molar-refractivity contribution in [3.05, 3.63) is 28.7 Å². The largest absolute Gasteiger partial charge is 0.392 e. The van der Waals surface area contributed by atoms with E-state index in [1.54, 1.807) is 24.3 Å². The molecule has 1 saturated heterocycles. The van der Waals surface area contributed by atoms with Crippen molar-refractivity contribution < 1.29 is 8.42 Å². The molecule has 1 aliphatic heterocycles. The Balaban J connectivity index is 2.07. The zero-order valence-corrected chi connectivity index (χ0v) is 14.9. The molecule has 1 aliphatic rings. The maximum Gasteiger partial charge on any atom is 0.243 e. The van der Waals surface area contributed by atoms with Gasteiger partial charge >= 0.3 is 0 Å². The average molecular weight is 392 g/mol. The normalized spacial score (nSPS) is 19.3. The first kappa shape index (κ1) is 16.8. The van der Waals surface area contributed by atoms with Crippen molar-refractivity contribution in [2.75, 3.05) is 26.2 Å². The predicted molar refractivity (Wildman–Crippen MR) is 90.7 cm³/mol. The van der Waals surface area contributed by atoms with Crippen LogP contribution < -0.4 is 5.73 Å². The molecular formula is C13H18BrN3O2S2. The van der Waals surface area contributed by atoms with Gasteiger partial charge in [0.1, 0.15) is 0 Å². The van der Waals surface area contributed by atoms with Gasteiger partial charge in [-0.05, 0) is 31.2 Å². The number of rotatable bonds is 4. The third-order valence-corrected chi connectivity index (χ3v) is 6.47. The first-order valence-electron chi connectivity index (χ1n) is 6.61. The maximum atomic E-state index is 12.6. The van der Waals surface area contributed by atoms with Gasteiger partial charge in [0.25, 0.3) is 0 Å². The molecule has 0 aliphatic carbocycles. The minimum Gasteiger partial charge on any atom is -0.392 e. The zero-order chi connectivity index (χ0) is 15.6. The highest BCUT2D eigenvalue weighted by atomic mass is 79.9. The van der Waals surface area contributed by atoms with Crippen LogP contribution in [-0.4, -0.2) is 54.8 Å². The lowest BCUT2D eigenvalue weighted by atomic mass is 10.2. The number of thiocarbonyl (C=S) groups is 1. The lowest BCUT2D eigenvalue weighted by Gasteiger charge is -2.36. The van der Waals surface area contributed by atoms with Crippen molar-refractivity contribution in [3.63, 3.8) is 0 Å². The van der Waals surface area contributed by atoms with E-state index < -0.39 is 10.0 Å². The highest BCUT2D eigenvalue weighted by Gasteiger charge is 2.30. The standard InChI is InChI=1S/C13H18BrN3O2S2/c1-10(13(15)20)16-6-8-17(9-7-16)21(18,19)12-4-2-11(14)3-5-12/h2-5,10H,6-9H2,1H3,(H2,15,20). The van der Waals surface area contributed by atoms with E-state index in [4.69, 9.17) is 18.0 Å². The predicted octanol–water partition coefficient (Wildman–Crippen LogP) is 1.43. The van der Waals surface area contributed by atoms with Crippen LogP contribution in [0.2, 0.25) is 0 Å². The second-order valence-corrected chi connectivity index (χ2v) is 8.30. The summed E-state index contributed by atoms with van der Waals surface area (Å²) in [6.07, 6.45) is 0.